The molecule has 1 heterocycles. The Morgan fingerprint density at radius 2 is 2.05 bits per heavy atom. The summed E-state index contributed by atoms with van der Waals surface area (Å²) in [6.07, 6.45) is -0.545. The smallest absolute Gasteiger partial charge is 0.140 e. The highest BCUT2D eigenvalue weighted by atomic mass is 32.1. The van der Waals surface area contributed by atoms with Gasteiger partial charge in [0.05, 0.1) is 16.3 Å². The van der Waals surface area contributed by atoms with Crippen LogP contribution in [-0.4, -0.2) is 10.1 Å². The van der Waals surface area contributed by atoms with Crippen LogP contribution in [0.5, 0.6) is 5.75 Å². The number of aliphatic hydroxyl groups is 1. The molecule has 0 saturated carbocycles. The fraction of sp³-hybridized carbons (Fsp3) is 0.235. The van der Waals surface area contributed by atoms with Gasteiger partial charge in [0.2, 0.25) is 0 Å². The molecule has 0 saturated heterocycles. The molecule has 3 nitrogen and oxygen atoms in total. The zero-order chi connectivity index (χ0) is 14.8. The highest BCUT2D eigenvalue weighted by Gasteiger charge is 2.11. The standard InChI is InChI=1S/C17H17NO2S/c1-11-7-8-13(12(2)19)15(9-11)20-10-17-18-14-5-3-4-6-16(14)21-17/h3-9,12,19H,10H2,1-2H3/t12-/m0/s1. The minimum Gasteiger partial charge on any atom is -0.486 e. The molecule has 3 rings (SSSR count). The highest BCUT2D eigenvalue weighted by molar-refractivity contribution is 7.18. The van der Waals surface area contributed by atoms with Crippen molar-refractivity contribution in [1.29, 1.82) is 0 Å². The van der Waals surface area contributed by atoms with Crippen molar-refractivity contribution in [2.75, 3.05) is 0 Å². The summed E-state index contributed by atoms with van der Waals surface area (Å²) in [5, 5.41) is 10.8. The van der Waals surface area contributed by atoms with E-state index in [2.05, 4.69) is 11.1 Å². The number of rotatable bonds is 4. The normalized spacial score (nSPS) is 12.5. The number of thiazole rings is 1. The second-order valence-electron chi connectivity index (χ2n) is 5.08. The van der Waals surface area contributed by atoms with Crippen LogP contribution in [0.1, 0.15) is 29.2 Å². The van der Waals surface area contributed by atoms with Crippen molar-refractivity contribution in [3.63, 3.8) is 0 Å². The Morgan fingerprint density at radius 3 is 2.81 bits per heavy atom. The molecule has 3 aromatic rings. The molecule has 21 heavy (non-hydrogen) atoms. The topological polar surface area (TPSA) is 42.4 Å². The second-order valence-corrected chi connectivity index (χ2v) is 6.20. The van der Waals surface area contributed by atoms with Gasteiger partial charge in [0.15, 0.2) is 0 Å². The number of hydrogen-bond donors (Lipinski definition) is 1. The van der Waals surface area contributed by atoms with Gasteiger partial charge in [-0.1, -0.05) is 24.3 Å². The first-order valence-corrected chi connectivity index (χ1v) is 7.71. The van der Waals surface area contributed by atoms with E-state index >= 15 is 0 Å². The lowest BCUT2D eigenvalue weighted by atomic mass is 10.1. The van der Waals surface area contributed by atoms with Crippen molar-refractivity contribution in [2.24, 2.45) is 0 Å². The molecule has 0 bridgehead atoms. The summed E-state index contributed by atoms with van der Waals surface area (Å²) in [6.45, 7) is 4.17. The largest absolute Gasteiger partial charge is 0.486 e. The SMILES string of the molecule is Cc1ccc([C@H](C)O)c(OCc2nc3ccccc3s2)c1. The first-order valence-electron chi connectivity index (χ1n) is 6.89. The summed E-state index contributed by atoms with van der Waals surface area (Å²) in [7, 11) is 0. The van der Waals surface area contributed by atoms with Crippen molar-refractivity contribution >= 4 is 21.6 Å². The van der Waals surface area contributed by atoms with Crippen LogP contribution in [0.15, 0.2) is 42.5 Å². The number of ether oxygens (including phenoxy) is 1. The van der Waals surface area contributed by atoms with Crippen molar-refractivity contribution in [3.8, 4) is 5.75 Å². The summed E-state index contributed by atoms with van der Waals surface area (Å²) >= 11 is 1.64. The van der Waals surface area contributed by atoms with Crippen molar-refractivity contribution in [1.82, 2.24) is 4.98 Å². The summed E-state index contributed by atoms with van der Waals surface area (Å²) < 4.78 is 7.05. The van der Waals surface area contributed by atoms with Crippen LogP contribution in [0, 0.1) is 6.92 Å². The monoisotopic (exact) mass is 299 g/mol. The number of para-hydroxylation sites is 1. The van der Waals surface area contributed by atoms with E-state index < -0.39 is 6.10 Å². The van der Waals surface area contributed by atoms with E-state index in [1.165, 1.54) is 0 Å². The number of benzene rings is 2. The quantitative estimate of drug-likeness (QED) is 0.783. The molecule has 0 amide bonds. The zero-order valence-electron chi connectivity index (χ0n) is 12.0. The molecule has 0 spiro atoms. The molecule has 108 valence electrons. The van der Waals surface area contributed by atoms with E-state index in [1.54, 1.807) is 18.3 Å². The van der Waals surface area contributed by atoms with Crippen LogP contribution in [0.2, 0.25) is 0 Å². The Labute approximate surface area is 127 Å². The first-order chi connectivity index (χ1) is 10.1. The Morgan fingerprint density at radius 1 is 1.24 bits per heavy atom. The maximum Gasteiger partial charge on any atom is 0.140 e. The molecule has 1 atom stereocenters. The summed E-state index contributed by atoms with van der Waals surface area (Å²) in [5.41, 5.74) is 2.92. The van der Waals surface area contributed by atoms with Gasteiger partial charge in [0.25, 0.3) is 0 Å². The average Bonchev–Trinajstić information content (AvgIpc) is 2.87. The lowest BCUT2D eigenvalue weighted by Gasteiger charge is -2.13. The van der Waals surface area contributed by atoms with E-state index in [4.69, 9.17) is 4.74 Å². The van der Waals surface area contributed by atoms with Gasteiger partial charge in [-0.2, -0.15) is 0 Å². The molecule has 0 aliphatic heterocycles. The number of aliphatic hydroxyl groups excluding tert-OH is 1. The lowest BCUT2D eigenvalue weighted by Crippen LogP contribution is -2.01. The molecular weight excluding hydrogens is 282 g/mol. The highest BCUT2D eigenvalue weighted by Crippen LogP contribution is 2.28. The third-order valence-corrected chi connectivity index (χ3v) is 4.32. The van der Waals surface area contributed by atoms with Crippen LogP contribution in [0.25, 0.3) is 10.2 Å². The van der Waals surface area contributed by atoms with Crippen LogP contribution in [-0.2, 0) is 6.61 Å². The molecule has 0 unspecified atom stereocenters. The molecule has 1 N–H and O–H groups in total. The van der Waals surface area contributed by atoms with Crippen LogP contribution >= 0.6 is 11.3 Å². The molecule has 0 aliphatic rings. The molecular formula is C17H17NO2S. The molecule has 1 aromatic heterocycles. The van der Waals surface area contributed by atoms with Gasteiger partial charge < -0.3 is 9.84 Å². The Kier molecular flexibility index (Phi) is 3.90. The van der Waals surface area contributed by atoms with Gasteiger partial charge in [-0.05, 0) is 37.6 Å². The lowest BCUT2D eigenvalue weighted by molar-refractivity contribution is 0.190. The fourth-order valence-electron chi connectivity index (χ4n) is 2.23. The van der Waals surface area contributed by atoms with Crippen LogP contribution < -0.4 is 4.74 Å². The minimum absolute atomic E-state index is 0.419. The molecule has 2 aromatic carbocycles. The zero-order valence-corrected chi connectivity index (χ0v) is 12.9. The van der Waals surface area contributed by atoms with E-state index in [1.807, 2.05) is 43.3 Å². The summed E-state index contributed by atoms with van der Waals surface area (Å²) in [5.74, 6) is 0.726. The van der Waals surface area contributed by atoms with Crippen LogP contribution in [0.3, 0.4) is 0 Å². The second kappa shape index (κ2) is 5.84. The number of aryl methyl sites for hydroxylation is 1. The Bertz CT molecular complexity index is 731. The van der Waals surface area contributed by atoms with Crippen molar-refractivity contribution in [2.45, 2.75) is 26.6 Å². The Balaban J connectivity index is 1.82. The van der Waals surface area contributed by atoms with E-state index in [-0.39, 0.29) is 0 Å². The summed E-state index contributed by atoms with van der Waals surface area (Å²) in [4.78, 5) is 4.56. The first kappa shape index (κ1) is 14.0. The van der Waals surface area contributed by atoms with E-state index in [9.17, 15) is 5.11 Å². The Hall–Kier alpha value is -1.91. The van der Waals surface area contributed by atoms with E-state index in [0.717, 1.165) is 32.1 Å². The molecule has 0 fully saturated rings. The molecule has 4 heteroatoms. The minimum atomic E-state index is -0.545. The van der Waals surface area contributed by atoms with Gasteiger partial charge in [-0.3, -0.25) is 0 Å². The average molecular weight is 299 g/mol. The van der Waals surface area contributed by atoms with Crippen molar-refractivity contribution < 1.29 is 9.84 Å². The van der Waals surface area contributed by atoms with Crippen molar-refractivity contribution in [3.05, 3.63) is 58.6 Å². The van der Waals surface area contributed by atoms with Gasteiger partial charge >= 0.3 is 0 Å². The van der Waals surface area contributed by atoms with Gasteiger partial charge in [0.1, 0.15) is 17.4 Å². The van der Waals surface area contributed by atoms with Gasteiger partial charge in [-0.25, -0.2) is 4.98 Å². The molecule has 0 radical (unpaired) electrons. The third-order valence-electron chi connectivity index (χ3n) is 3.31. The van der Waals surface area contributed by atoms with Gasteiger partial charge in [-0.15, -0.1) is 11.3 Å². The predicted octanol–water partition coefficient (Wildman–Crippen LogP) is 4.24. The number of aromatic nitrogens is 1. The maximum absolute atomic E-state index is 9.81. The predicted molar refractivity (Wildman–Crippen MR) is 85.8 cm³/mol. The summed E-state index contributed by atoms with van der Waals surface area (Å²) in [6, 6.07) is 13.9. The number of nitrogens with zero attached hydrogens (tertiary/aromatic N) is 1. The molecule has 0 aliphatic carbocycles. The number of fused-ring (bicyclic) bond motifs is 1. The van der Waals surface area contributed by atoms with E-state index in [0.29, 0.717) is 6.61 Å². The van der Waals surface area contributed by atoms with Gasteiger partial charge in [0, 0.05) is 5.56 Å². The fourth-order valence-corrected chi connectivity index (χ4v) is 3.11. The maximum atomic E-state index is 9.81. The third kappa shape index (κ3) is 3.06. The van der Waals surface area contributed by atoms with Crippen LogP contribution in [0.4, 0.5) is 0 Å². The number of hydrogen-bond acceptors (Lipinski definition) is 4.